The van der Waals surface area contributed by atoms with Crippen LogP contribution in [0.25, 0.3) is 0 Å². The molecular weight excluding hydrogens is 432 g/mol. The Hall–Kier alpha value is -3.70. The third-order valence-corrected chi connectivity index (χ3v) is 7.03. The fraction of sp³-hybridized carbons (Fsp3) is 0.267. The molecular formula is C30H32N4O. The maximum absolute atomic E-state index is 12.5. The fourth-order valence-electron chi connectivity index (χ4n) is 4.91. The minimum atomic E-state index is -1.36. The van der Waals surface area contributed by atoms with Gasteiger partial charge in [0, 0.05) is 50.5 Å². The molecule has 0 bridgehead atoms. The van der Waals surface area contributed by atoms with E-state index >= 15 is 0 Å². The quantitative estimate of drug-likeness (QED) is 0.437. The van der Waals surface area contributed by atoms with Gasteiger partial charge in [-0.1, -0.05) is 61.0 Å². The molecule has 0 saturated carbocycles. The van der Waals surface area contributed by atoms with Crippen LogP contribution in [0.15, 0.2) is 91.4 Å². The Morgan fingerprint density at radius 3 is 2.00 bits per heavy atom. The molecule has 0 amide bonds. The van der Waals surface area contributed by atoms with E-state index in [-0.39, 0.29) is 0 Å². The van der Waals surface area contributed by atoms with Gasteiger partial charge in [0.05, 0.1) is 5.69 Å². The van der Waals surface area contributed by atoms with Gasteiger partial charge in [-0.3, -0.25) is 9.97 Å². The van der Waals surface area contributed by atoms with Crippen molar-refractivity contribution in [2.24, 2.45) is 0 Å². The van der Waals surface area contributed by atoms with Crippen molar-refractivity contribution in [1.82, 2.24) is 9.97 Å². The first-order valence-electron chi connectivity index (χ1n) is 12.3. The Morgan fingerprint density at radius 2 is 1.37 bits per heavy atom. The van der Waals surface area contributed by atoms with Crippen LogP contribution in [-0.2, 0) is 12.0 Å². The monoisotopic (exact) mass is 464 g/mol. The molecule has 1 aliphatic rings. The average Bonchev–Trinajstić information content (AvgIpc) is 2.94. The number of hydrogen-bond donors (Lipinski definition) is 1. The second-order valence-corrected chi connectivity index (χ2v) is 9.18. The third kappa shape index (κ3) is 4.52. The number of nitrogens with zero attached hydrogens (tertiary/aromatic N) is 4. The number of anilines is 2. The SMILES string of the molecule is CCc1ccc(C(O)(c2ccc(C)cc2)c2ncccc2N2CCN(c3ccncc3)CC2)cc1. The van der Waals surface area contributed by atoms with Gasteiger partial charge in [-0.25, -0.2) is 0 Å². The van der Waals surface area contributed by atoms with E-state index in [1.807, 2.05) is 42.7 Å². The summed E-state index contributed by atoms with van der Waals surface area (Å²) in [6.45, 7) is 7.69. The number of piperazine rings is 1. The third-order valence-electron chi connectivity index (χ3n) is 7.03. The summed E-state index contributed by atoms with van der Waals surface area (Å²) in [5, 5.41) is 12.5. The largest absolute Gasteiger partial charge is 0.374 e. The first-order valence-corrected chi connectivity index (χ1v) is 12.3. The first kappa shape index (κ1) is 23.1. The highest BCUT2D eigenvalue weighted by atomic mass is 16.3. The molecule has 1 atom stereocenters. The van der Waals surface area contributed by atoms with E-state index in [1.54, 1.807) is 6.20 Å². The number of benzene rings is 2. The van der Waals surface area contributed by atoms with Crippen LogP contribution in [0.2, 0.25) is 0 Å². The Bertz CT molecular complexity index is 1250. The van der Waals surface area contributed by atoms with Crippen molar-refractivity contribution in [3.05, 3.63) is 119 Å². The highest BCUT2D eigenvalue weighted by Crippen LogP contribution is 2.40. The van der Waals surface area contributed by atoms with Gasteiger partial charge >= 0.3 is 0 Å². The molecule has 0 spiro atoms. The van der Waals surface area contributed by atoms with Gasteiger partial charge in [-0.2, -0.15) is 0 Å². The van der Waals surface area contributed by atoms with E-state index < -0.39 is 5.60 Å². The zero-order valence-electron chi connectivity index (χ0n) is 20.4. The molecule has 178 valence electrons. The normalized spacial score (nSPS) is 15.6. The van der Waals surface area contributed by atoms with Crippen molar-refractivity contribution >= 4 is 11.4 Å². The zero-order chi connectivity index (χ0) is 24.3. The maximum atomic E-state index is 12.5. The first-order chi connectivity index (χ1) is 17.1. The summed E-state index contributed by atoms with van der Waals surface area (Å²) in [7, 11) is 0. The molecule has 2 aromatic carbocycles. The van der Waals surface area contributed by atoms with Crippen molar-refractivity contribution < 1.29 is 5.11 Å². The maximum Gasteiger partial charge on any atom is 0.159 e. The summed E-state index contributed by atoms with van der Waals surface area (Å²) >= 11 is 0. The van der Waals surface area contributed by atoms with E-state index in [0.717, 1.165) is 55.0 Å². The van der Waals surface area contributed by atoms with Crippen LogP contribution in [0.5, 0.6) is 0 Å². The number of pyridine rings is 2. The Balaban J connectivity index is 1.54. The molecule has 1 unspecified atom stereocenters. The Labute approximate surface area is 207 Å². The van der Waals surface area contributed by atoms with Gasteiger partial charge in [0.25, 0.3) is 0 Å². The summed E-state index contributed by atoms with van der Waals surface area (Å²) in [5.41, 5.74) is 5.53. The summed E-state index contributed by atoms with van der Waals surface area (Å²) in [4.78, 5) is 13.7. The fourth-order valence-corrected chi connectivity index (χ4v) is 4.91. The van der Waals surface area contributed by atoms with Gasteiger partial charge < -0.3 is 14.9 Å². The number of aromatic nitrogens is 2. The van der Waals surface area contributed by atoms with Crippen molar-refractivity contribution in [3.63, 3.8) is 0 Å². The van der Waals surface area contributed by atoms with Crippen LogP contribution >= 0.6 is 0 Å². The lowest BCUT2D eigenvalue weighted by Gasteiger charge is -2.40. The smallest absolute Gasteiger partial charge is 0.159 e. The lowest BCUT2D eigenvalue weighted by molar-refractivity contribution is 0.121. The lowest BCUT2D eigenvalue weighted by Crippen LogP contribution is -2.47. The van der Waals surface area contributed by atoms with Crippen LogP contribution in [0.3, 0.4) is 0 Å². The predicted molar refractivity (Wildman–Crippen MR) is 142 cm³/mol. The Kier molecular flexibility index (Phi) is 6.51. The summed E-state index contributed by atoms with van der Waals surface area (Å²) in [6.07, 6.45) is 6.42. The molecule has 35 heavy (non-hydrogen) atoms. The molecule has 1 fully saturated rings. The number of rotatable bonds is 6. The van der Waals surface area contributed by atoms with Crippen LogP contribution < -0.4 is 9.80 Å². The van der Waals surface area contributed by atoms with E-state index in [1.165, 1.54) is 11.3 Å². The van der Waals surface area contributed by atoms with E-state index in [0.29, 0.717) is 5.69 Å². The molecule has 0 aliphatic carbocycles. The van der Waals surface area contributed by atoms with Crippen molar-refractivity contribution in [3.8, 4) is 0 Å². The molecule has 2 aromatic heterocycles. The van der Waals surface area contributed by atoms with E-state index in [9.17, 15) is 5.11 Å². The second kappa shape index (κ2) is 9.88. The molecule has 1 aliphatic heterocycles. The van der Waals surface area contributed by atoms with E-state index in [4.69, 9.17) is 4.98 Å². The highest BCUT2D eigenvalue weighted by Gasteiger charge is 2.38. The van der Waals surface area contributed by atoms with Crippen LogP contribution in [0.1, 0.15) is 34.9 Å². The number of aliphatic hydroxyl groups is 1. The molecule has 5 rings (SSSR count). The van der Waals surface area contributed by atoms with Gasteiger partial charge in [0.15, 0.2) is 5.60 Å². The topological polar surface area (TPSA) is 52.5 Å². The molecule has 1 N–H and O–H groups in total. The molecule has 4 aromatic rings. The molecule has 5 heteroatoms. The van der Waals surface area contributed by atoms with Crippen LogP contribution in [0, 0.1) is 6.92 Å². The summed E-state index contributed by atoms with van der Waals surface area (Å²) in [5.74, 6) is 0. The molecule has 3 heterocycles. The molecule has 0 radical (unpaired) electrons. The standard InChI is InChI=1S/C30H32N4O/c1-3-24-8-12-26(13-9-24)30(35,25-10-6-23(2)7-11-25)29-28(5-4-16-32-29)34-21-19-33(20-22-34)27-14-17-31-18-15-27/h4-18,35H,3,19-22H2,1-2H3. The van der Waals surface area contributed by atoms with Gasteiger partial charge in [0.2, 0.25) is 0 Å². The lowest BCUT2D eigenvalue weighted by atomic mass is 9.81. The summed E-state index contributed by atoms with van der Waals surface area (Å²) in [6, 6.07) is 24.6. The number of hydrogen-bond acceptors (Lipinski definition) is 5. The average molecular weight is 465 g/mol. The van der Waals surface area contributed by atoms with Gasteiger partial charge in [-0.05, 0) is 54.3 Å². The molecule has 5 nitrogen and oxygen atoms in total. The zero-order valence-corrected chi connectivity index (χ0v) is 20.4. The Morgan fingerprint density at radius 1 is 0.771 bits per heavy atom. The van der Waals surface area contributed by atoms with Crippen molar-refractivity contribution in [2.45, 2.75) is 25.9 Å². The van der Waals surface area contributed by atoms with Crippen LogP contribution in [-0.4, -0.2) is 41.3 Å². The van der Waals surface area contributed by atoms with Crippen molar-refractivity contribution in [1.29, 1.82) is 0 Å². The predicted octanol–water partition coefficient (Wildman–Crippen LogP) is 4.96. The number of aryl methyl sites for hydroxylation is 2. The van der Waals surface area contributed by atoms with E-state index in [2.05, 4.69) is 71.1 Å². The minimum absolute atomic E-state index is 0.672. The highest BCUT2D eigenvalue weighted by molar-refractivity contribution is 5.61. The molecule has 1 saturated heterocycles. The summed E-state index contributed by atoms with van der Waals surface area (Å²) < 4.78 is 0. The van der Waals surface area contributed by atoms with Crippen LogP contribution in [0.4, 0.5) is 11.4 Å². The van der Waals surface area contributed by atoms with Gasteiger partial charge in [0.1, 0.15) is 5.69 Å². The van der Waals surface area contributed by atoms with Gasteiger partial charge in [-0.15, -0.1) is 0 Å². The van der Waals surface area contributed by atoms with Crippen molar-refractivity contribution in [2.75, 3.05) is 36.0 Å². The minimum Gasteiger partial charge on any atom is -0.374 e. The second-order valence-electron chi connectivity index (χ2n) is 9.18.